The van der Waals surface area contributed by atoms with Gasteiger partial charge in [-0.1, -0.05) is 22.9 Å². The molecule has 9 nitrogen and oxygen atoms in total. The number of aromatic nitrogens is 7. The van der Waals surface area contributed by atoms with Crippen molar-refractivity contribution in [3.8, 4) is 0 Å². The average molecular weight is 483 g/mol. The smallest absolute Gasteiger partial charge is 0.273 e. The Morgan fingerprint density at radius 3 is 2.85 bits per heavy atom. The first kappa shape index (κ1) is 20.7. The number of carbonyl (C=O) groups is 1. The molecule has 1 saturated carbocycles. The standard InChI is InChI=1S/C22H17ClF2N8O/c23-14-5-6-31-11-27-15(20(31)19(14)24)7-26-22(34)17-10-32(30-29-17)9-16-21(25)33-8-13(12-1-2-12)3-4-18(33)28-16/h3-6,8,10-12H,1-2,7,9H2,(H,26,34). The van der Waals surface area contributed by atoms with Crippen LogP contribution in [0.4, 0.5) is 8.78 Å². The number of rotatable bonds is 6. The van der Waals surface area contributed by atoms with E-state index in [1.165, 1.54) is 32.1 Å². The van der Waals surface area contributed by atoms with Crippen molar-refractivity contribution in [3.05, 3.63) is 82.5 Å². The summed E-state index contributed by atoms with van der Waals surface area (Å²) >= 11 is 5.85. The van der Waals surface area contributed by atoms with Gasteiger partial charge >= 0.3 is 0 Å². The number of nitrogens with one attached hydrogen (secondary N) is 1. The molecule has 0 spiro atoms. The van der Waals surface area contributed by atoms with Gasteiger partial charge in [0.1, 0.15) is 16.9 Å². The number of halogens is 3. The highest BCUT2D eigenvalue weighted by Crippen LogP contribution is 2.40. The minimum atomic E-state index is -0.615. The molecule has 0 atom stereocenters. The number of pyridine rings is 2. The summed E-state index contributed by atoms with van der Waals surface area (Å²) in [5.41, 5.74) is 2.34. The molecule has 0 aromatic carbocycles. The second-order valence-electron chi connectivity index (χ2n) is 8.22. The number of hydrogen-bond donors (Lipinski definition) is 1. The Morgan fingerprint density at radius 2 is 2.03 bits per heavy atom. The number of fused-ring (bicyclic) bond motifs is 2. The first-order chi connectivity index (χ1) is 16.5. The van der Waals surface area contributed by atoms with E-state index in [9.17, 15) is 13.6 Å². The fraction of sp³-hybridized carbons (Fsp3) is 0.227. The van der Waals surface area contributed by atoms with Crippen LogP contribution in [-0.4, -0.2) is 39.7 Å². The molecule has 1 aliphatic rings. The Bertz CT molecular complexity index is 1570. The Labute approximate surface area is 196 Å². The molecule has 0 radical (unpaired) electrons. The van der Waals surface area contributed by atoms with Gasteiger partial charge in [0.2, 0.25) is 5.95 Å². The van der Waals surface area contributed by atoms with Crippen LogP contribution in [-0.2, 0) is 13.1 Å². The Morgan fingerprint density at radius 1 is 1.18 bits per heavy atom. The van der Waals surface area contributed by atoms with Crippen molar-refractivity contribution in [2.75, 3.05) is 0 Å². The zero-order valence-electron chi connectivity index (χ0n) is 17.6. The zero-order chi connectivity index (χ0) is 23.4. The van der Waals surface area contributed by atoms with Gasteiger partial charge in [0.05, 0.1) is 36.3 Å². The maximum Gasteiger partial charge on any atom is 0.273 e. The van der Waals surface area contributed by atoms with Gasteiger partial charge in [0, 0.05) is 12.4 Å². The van der Waals surface area contributed by atoms with Crippen LogP contribution < -0.4 is 5.32 Å². The number of hydrogen-bond acceptors (Lipinski definition) is 5. The molecule has 1 aliphatic carbocycles. The monoisotopic (exact) mass is 482 g/mol. The highest BCUT2D eigenvalue weighted by Gasteiger charge is 2.25. The van der Waals surface area contributed by atoms with Gasteiger partial charge in [0.15, 0.2) is 11.5 Å². The molecule has 5 heterocycles. The van der Waals surface area contributed by atoms with E-state index in [1.807, 2.05) is 6.07 Å². The van der Waals surface area contributed by atoms with Crippen LogP contribution in [0.3, 0.4) is 0 Å². The van der Waals surface area contributed by atoms with E-state index in [0.29, 0.717) is 17.3 Å². The summed E-state index contributed by atoms with van der Waals surface area (Å²) < 4.78 is 33.5. The Balaban J connectivity index is 1.17. The molecule has 12 heteroatoms. The van der Waals surface area contributed by atoms with Crippen LogP contribution in [0.1, 0.15) is 46.2 Å². The van der Waals surface area contributed by atoms with Crippen molar-refractivity contribution < 1.29 is 13.6 Å². The van der Waals surface area contributed by atoms with Crippen molar-refractivity contribution in [1.29, 1.82) is 0 Å². The van der Waals surface area contributed by atoms with Crippen LogP contribution in [0.25, 0.3) is 11.2 Å². The van der Waals surface area contributed by atoms with Crippen molar-refractivity contribution in [2.24, 2.45) is 0 Å². The molecule has 0 saturated heterocycles. The summed E-state index contributed by atoms with van der Waals surface area (Å²) in [5, 5.41) is 10.4. The molecule has 0 bridgehead atoms. The molecule has 0 unspecified atom stereocenters. The maximum absolute atomic E-state index is 14.9. The molecule has 1 fully saturated rings. The average Bonchev–Trinajstić information content (AvgIpc) is 3.31. The van der Waals surface area contributed by atoms with Crippen LogP contribution in [0.15, 0.2) is 43.1 Å². The first-order valence-electron chi connectivity index (χ1n) is 10.6. The maximum atomic E-state index is 14.9. The number of amides is 1. The molecule has 172 valence electrons. The number of imidazole rings is 2. The lowest BCUT2D eigenvalue weighted by atomic mass is 10.2. The lowest BCUT2D eigenvalue weighted by Gasteiger charge is -2.03. The van der Waals surface area contributed by atoms with E-state index in [1.54, 1.807) is 18.5 Å². The van der Waals surface area contributed by atoms with Gasteiger partial charge < -0.3 is 9.72 Å². The fourth-order valence-corrected chi connectivity index (χ4v) is 4.09. The van der Waals surface area contributed by atoms with E-state index in [0.717, 1.165) is 18.4 Å². The molecule has 5 aromatic heterocycles. The molecule has 0 aliphatic heterocycles. The SMILES string of the molecule is O=C(NCc1ncn2ccc(Cl)c(F)c12)c1cn(Cc2nc3ccc(C4CC4)cn3c2F)nn1. The predicted octanol–water partition coefficient (Wildman–Crippen LogP) is 3.36. The van der Waals surface area contributed by atoms with E-state index < -0.39 is 17.7 Å². The quantitative estimate of drug-likeness (QED) is 0.400. The molecular weight excluding hydrogens is 466 g/mol. The number of nitrogens with zero attached hydrogens (tertiary/aromatic N) is 7. The predicted molar refractivity (Wildman–Crippen MR) is 118 cm³/mol. The van der Waals surface area contributed by atoms with Gasteiger partial charge in [-0.25, -0.2) is 19.0 Å². The molecule has 1 amide bonds. The molecule has 5 aromatic rings. The van der Waals surface area contributed by atoms with Crippen LogP contribution in [0.2, 0.25) is 5.02 Å². The first-order valence-corrected chi connectivity index (χ1v) is 11.0. The largest absolute Gasteiger partial charge is 0.345 e. The minimum Gasteiger partial charge on any atom is -0.345 e. The van der Waals surface area contributed by atoms with Crippen LogP contribution >= 0.6 is 11.6 Å². The van der Waals surface area contributed by atoms with Crippen LogP contribution in [0, 0.1) is 11.8 Å². The third kappa shape index (κ3) is 3.58. The van der Waals surface area contributed by atoms with Gasteiger partial charge in [-0.15, -0.1) is 5.10 Å². The molecule has 6 rings (SSSR count). The van der Waals surface area contributed by atoms with Crippen LogP contribution in [0.5, 0.6) is 0 Å². The molecular formula is C22H17ClF2N8O. The van der Waals surface area contributed by atoms with Gasteiger partial charge in [-0.05, 0) is 36.5 Å². The van der Waals surface area contributed by atoms with Crippen molar-refractivity contribution in [3.63, 3.8) is 0 Å². The third-order valence-corrected chi connectivity index (χ3v) is 6.16. The summed E-state index contributed by atoms with van der Waals surface area (Å²) in [6, 6.07) is 5.20. The van der Waals surface area contributed by atoms with E-state index in [-0.39, 0.29) is 35.0 Å². The van der Waals surface area contributed by atoms with E-state index >= 15 is 0 Å². The number of carbonyl (C=O) groups excluding carboxylic acids is 1. The molecule has 1 N–H and O–H groups in total. The van der Waals surface area contributed by atoms with E-state index in [2.05, 4.69) is 25.6 Å². The summed E-state index contributed by atoms with van der Waals surface area (Å²) in [6.45, 7) is -0.0220. The topological polar surface area (TPSA) is 94.4 Å². The lowest BCUT2D eigenvalue weighted by molar-refractivity contribution is 0.0945. The van der Waals surface area contributed by atoms with E-state index in [4.69, 9.17) is 11.6 Å². The fourth-order valence-electron chi connectivity index (χ4n) is 3.94. The third-order valence-electron chi connectivity index (χ3n) is 5.87. The van der Waals surface area contributed by atoms with Crippen molar-refractivity contribution >= 4 is 28.7 Å². The minimum absolute atomic E-state index is 0.0158. The van der Waals surface area contributed by atoms with Crippen molar-refractivity contribution in [2.45, 2.75) is 31.8 Å². The highest BCUT2D eigenvalue weighted by molar-refractivity contribution is 6.31. The summed E-state index contributed by atoms with van der Waals surface area (Å²) in [6.07, 6.45) is 8.45. The van der Waals surface area contributed by atoms with Crippen molar-refractivity contribution in [1.82, 2.24) is 39.1 Å². The zero-order valence-corrected chi connectivity index (χ0v) is 18.4. The summed E-state index contributed by atoms with van der Waals surface area (Å²) in [4.78, 5) is 21.0. The second kappa shape index (κ2) is 7.87. The highest BCUT2D eigenvalue weighted by atomic mass is 35.5. The Hall–Kier alpha value is -3.86. The van der Waals surface area contributed by atoms with Gasteiger partial charge in [-0.3, -0.25) is 9.20 Å². The molecule has 34 heavy (non-hydrogen) atoms. The normalized spacial score (nSPS) is 13.7. The van der Waals surface area contributed by atoms with Gasteiger partial charge in [0.25, 0.3) is 5.91 Å². The summed E-state index contributed by atoms with van der Waals surface area (Å²) in [5.74, 6) is -1.11. The lowest BCUT2D eigenvalue weighted by Crippen LogP contribution is -2.23. The Kier molecular flexibility index (Phi) is 4.80. The second-order valence-corrected chi connectivity index (χ2v) is 8.63. The van der Waals surface area contributed by atoms with Gasteiger partial charge in [-0.2, -0.15) is 4.39 Å². The summed E-state index contributed by atoms with van der Waals surface area (Å²) in [7, 11) is 0.